The van der Waals surface area contributed by atoms with Crippen molar-refractivity contribution in [1.82, 2.24) is 14.7 Å². The Labute approximate surface area is 236 Å². The van der Waals surface area contributed by atoms with Crippen LogP contribution >= 0.6 is 23.2 Å². The minimum absolute atomic E-state index is 0.0196. The average molecular weight is 562 g/mol. The van der Waals surface area contributed by atoms with Crippen molar-refractivity contribution in [1.29, 1.82) is 0 Å². The molecule has 0 bridgehead atoms. The molecule has 0 spiro atoms. The molecule has 206 valence electrons. The Hall–Kier alpha value is -2.32. The van der Waals surface area contributed by atoms with E-state index >= 15 is 0 Å². The molecule has 2 aliphatic heterocycles. The van der Waals surface area contributed by atoms with Crippen molar-refractivity contribution in [3.8, 4) is 0 Å². The zero-order valence-corrected chi connectivity index (χ0v) is 24.0. The van der Waals surface area contributed by atoms with Gasteiger partial charge in [-0.1, -0.05) is 47.5 Å². The van der Waals surface area contributed by atoms with Crippen molar-refractivity contribution in [3.63, 3.8) is 0 Å². The lowest BCUT2D eigenvalue weighted by molar-refractivity contribution is -0.117. The lowest BCUT2D eigenvalue weighted by Gasteiger charge is -2.45. The zero-order chi connectivity index (χ0) is 27.2. The maximum Gasteiger partial charge on any atom is 0.410 e. The number of nitrogens with one attached hydrogen (secondary N) is 1. The van der Waals surface area contributed by atoms with Crippen LogP contribution in [0.1, 0.15) is 36.5 Å². The van der Waals surface area contributed by atoms with E-state index in [0.29, 0.717) is 42.2 Å². The van der Waals surface area contributed by atoms with E-state index < -0.39 is 0 Å². The molecule has 2 saturated heterocycles. The largest absolute Gasteiger partial charge is 0.450 e. The summed E-state index contributed by atoms with van der Waals surface area (Å²) in [5.74, 6) is 0.0280. The third-order valence-electron chi connectivity index (χ3n) is 7.68. The minimum Gasteiger partial charge on any atom is -0.450 e. The number of amides is 2. The Kier molecular flexibility index (Phi) is 9.93. The molecular weight excluding hydrogens is 523 g/mol. The van der Waals surface area contributed by atoms with Gasteiger partial charge in [0.1, 0.15) is 0 Å². The van der Waals surface area contributed by atoms with Crippen LogP contribution in [0, 0.1) is 13.8 Å². The first-order valence-electron chi connectivity index (χ1n) is 13.4. The number of anilines is 1. The second-order valence-electron chi connectivity index (χ2n) is 10.3. The van der Waals surface area contributed by atoms with E-state index in [0.717, 1.165) is 61.4 Å². The molecule has 0 saturated carbocycles. The molecule has 2 fully saturated rings. The van der Waals surface area contributed by atoms with Crippen LogP contribution in [-0.4, -0.2) is 84.7 Å². The first kappa shape index (κ1) is 28.7. The van der Waals surface area contributed by atoms with E-state index in [4.69, 9.17) is 27.9 Å². The van der Waals surface area contributed by atoms with E-state index in [1.165, 1.54) is 0 Å². The molecule has 2 aliphatic rings. The highest BCUT2D eigenvalue weighted by Crippen LogP contribution is 2.29. The highest BCUT2D eigenvalue weighted by Gasteiger charge is 2.36. The van der Waals surface area contributed by atoms with Crippen LogP contribution in [0.4, 0.5) is 10.5 Å². The fourth-order valence-corrected chi connectivity index (χ4v) is 5.94. The van der Waals surface area contributed by atoms with Gasteiger partial charge < -0.3 is 15.0 Å². The van der Waals surface area contributed by atoms with Gasteiger partial charge in [0.25, 0.3) is 0 Å². The molecule has 2 unspecified atom stereocenters. The van der Waals surface area contributed by atoms with E-state index in [2.05, 4.69) is 15.1 Å². The van der Waals surface area contributed by atoms with Gasteiger partial charge >= 0.3 is 6.09 Å². The standard InChI is InChI=1S/C29H38Cl2N4O3/c1-4-38-29(37)35-11-10-23(18-24(35)16-22-8-9-25(30)26(31)17-22)34-14-12-33(13-15-34)19-27(36)32-28-20(2)6-5-7-21(28)3/h5-9,17,23-24H,4,10-16,18-19H2,1-3H3,(H,32,36). The van der Waals surface area contributed by atoms with Crippen LogP contribution in [-0.2, 0) is 16.0 Å². The zero-order valence-electron chi connectivity index (χ0n) is 22.5. The van der Waals surface area contributed by atoms with E-state index in [1.807, 2.05) is 62.1 Å². The van der Waals surface area contributed by atoms with E-state index in [1.54, 1.807) is 0 Å². The maximum atomic E-state index is 12.7. The first-order chi connectivity index (χ1) is 18.2. The van der Waals surface area contributed by atoms with Gasteiger partial charge in [-0.05, 0) is 68.9 Å². The third-order valence-corrected chi connectivity index (χ3v) is 8.42. The molecule has 4 rings (SSSR count). The summed E-state index contributed by atoms with van der Waals surface area (Å²) in [5.41, 5.74) is 4.12. The van der Waals surface area contributed by atoms with Crippen molar-refractivity contribution < 1.29 is 14.3 Å². The highest BCUT2D eigenvalue weighted by molar-refractivity contribution is 6.42. The number of piperidine rings is 1. The molecular formula is C29H38Cl2N4O3. The number of benzene rings is 2. The summed E-state index contributed by atoms with van der Waals surface area (Å²) in [6.07, 6.45) is 2.22. The fourth-order valence-electron chi connectivity index (χ4n) is 5.62. The molecule has 1 N–H and O–H groups in total. The molecule has 0 aliphatic carbocycles. The minimum atomic E-state index is -0.254. The number of rotatable bonds is 7. The van der Waals surface area contributed by atoms with Gasteiger partial charge in [-0.15, -0.1) is 0 Å². The molecule has 38 heavy (non-hydrogen) atoms. The summed E-state index contributed by atoms with van der Waals surface area (Å²) in [6, 6.07) is 12.1. The monoisotopic (exact) mass is 560 g/mol. The van der Waals surface area contributed by atoms with Crippen molar-refractivity contribution in [2.24, 2.45) is 0 Å². The number of carbonyl (C=O) groups excluding carboxylic acids is 2. The molecule has 0 aromatic heterocycles. The van der Waals surface area contributed by atoms with Gasteiger partial charge in [0.15, 0.2) is 0 Å². The number of nitrogens with zero attached hydrogens (tertiary/aromatic N) is 3. The number of aryl methyl sites for hydroxylation is 2. The second kappa shape index (κ2) is 13.2. The highest BCUT2D eigenvalue weighted by atomic mass is 35.5. The SMILES string of the molecule is CCOC(=O)N1CCC(N2CCN(CC(=O)Nc3c(C)cccc3C)CC2)CC1Cc1ccc(Cl)c(Cl)c1. The van der Waals surface area contributed by atoms with Crippen LogP contribution in [0.2, 0.25) is 10.0 Å². The molecule has 2 atom stereocenters. The van der Waals surface area contributed by atoms with E-state index in [-0.39, 0.29) is 18.0 Å². The van der Waals surface area contributed by atoms with Crippen LogP contribution in [0.25, 0.3) is 0 Å². The third kappa shape index (κ3) is 7.20. The van der Waals surface area contributed by atoms with Gasteiger partial charge in [-0.25, -0.2) is 4.79 Å². The van der Waals surface area contributed by atoms with Gasteiger partial charge in [0.05, 0.1) is 23.2 Å². The molecule has 7 nitrogen and oxygen atoms in total. The fraction of sp³-hybridized carbons (Fsp3) is 0.517. The number of likely N-dealkylation sites (tertiary alicyclic amines) is 1. The predicted octanol–water partition coefficient (Wildman–Crippen LogP) is 5.40. The van der Waals surface area contributed by atoms with Crippen LogP contribution in [0.5, 0.6) is 0 Å². The van der Waals surface area contributed by atoms with Crippen LogP contribution in [0.3, 0.4) is 0 Å². The quantitative estimate of drug-likeness (QED) is 0.491. The maximum absolute atomic E-state index is 12.7. The number of hydrogen-bond donors (Lipinski definition) is 1. The number of para-hydroxylation sites is 1. The Morgan fingerprint density at radius 3 is 2.37 bits per heavy atom. The molecule has 2 aromatic rings. The number of ether oxygens (including phenoxy) is 1. The van der Waals surface area contributed by atoms with Gasteiger partial charge in [0.2, 0.25) is 5.91 Å². The van der Waals surface area contributed by atoms with Crippen molar-refractivity contribution in [2.75, 3.05) is 51.2 Å². The molecule has 2 amide bonds. The number of carbonyl (C=O) groups is 2. The summed E-state index contributed by atoms with van der Waals surface area (Å²) in [5, 5.41) is 4.15. The van der Waals surface area contributed by atoms with Gasteiger partial charge in [-0.2, -0.15) is 0 Å². The lowest BCUT2D eigenvalue weighted by atomic mass is 9.91. The summed E-state index contributed by atoms with van der Waals surface area (Å²) in [6.45, 7) is 10.8. The smallest absolute Gasteiger partial charge is 0.410 e. The van der Waals surface area contributed by atoms with E-state index in [9.17, 15) is 9.59 Å². The molecule has 2 aromatic carbocycles. The Bertz CT molecular complexity index is 1120. The molecule has 2 heterocycles. The summed E-state index contributed by atoms with van der Waals surface area (Å²) < 4.78 is 5.36. The summed E-state index contributed by atoms with van der Waals surface area (Å²) in [4.78, 5) is 32.1. The van der Waals surface area contributed by atoms with Crippen molar-refractivity contribution in [2.45, 2.75) is 52.1 Å². The number of hydrogen-bond acceptors (Lipinski definition) is 5. The topological polar surface area (TPSA) is 65.1 Å². The summed E-state index contributed by atoms with van der Waals surface area (Å²) >= 11 is 12.4. The first-order valence-corrected chi connectivity index (χ1v) is 14.2. The number of piperazine rings is 1. The second-order valence-corrected chi connectivity index (χ2v) is 11.1. The lowest BCUT2D eigenvalue weighted by Crippen LogP contribution is -2.57. The Balaban J connectivity index is 1.33. The predicted molar refractivity (Wildman–Crippen MR) is 153 cm³/mol. The Morgan fingerprint density at radius 2 is 1.71 bits per heavy atom. The van der Waals surface area contributed by atoms with Gasteiger partial charge in [0, 0.05) is 50.5 Å². The summed E-state index contributed by atoms with van der Waals surface area (Å²) in [7, 11) is 0. The average Bonchev–Trinajstić information content (AvgIpc) is 2.89. The van der Waals surface area contributed by atoms with Crippen molar-refractivity contribution in [3.05, 3.63) is 63.1 Å². The van der Waals surface area contributed by atoms with Crippen LogP contribution < -0.4 is 5.32 Å². The number of halogens is 2. The normalized spacial score (nSPS) is 20.8. The van der Waals surface area contributed by atoms with Gasteiger partial charge in [-0.3, -0.25) is 14.6 Å². The Morgan fingerprint density at radius 1 is 1.00 bits per heavy atom. The van der Waals surface area contributed by atoms with Crippen molar-refractivity contribution >= 4 is 40.9 Å². The van der Waals surface area contributed by atoms with Crippen LogP contribution in [0.15, 0.2) is 36.4 Å². The molecule has 9 heteroatoms. The molecule has 0 radical (unpaired) electrons.